The van der Waals surface area contributed by atoms with Gasteiger partial charge in [-0.2, -0.15) is 0 Å². The number of hydrogen-bond acceptors (Lipinski definition) is 3. The molecule has 3 fully saturated rings. The summed E-state index contributed by atoms with van der Waals surface area (Å²) in [5.41, 5.74) is 0.212. The first-order valence-corrected chi connectivity index (χ1v) is 10.3. The zero-order valence-electron chi connectivity index (χ0n) is 17.7. The molecule has 4 nitrogen and oxygen atoms in total. The zero-order valence-corrected chi connectivity index (χ0v) is 18.8. The molecular formula is C27H25FeNO3+2. The molecule has 3 aliphatic rings. The summed E-state index contributed by atoms with van der Waals surface area (Å²) in [4.78, 5) is 14.7. The Hall–Kier alpha value is -1.81. The molecule has 0 unspecified atom stereocenters. The van der Waals surface area contributed by atoms with Gasteiger partial charge in [0.15, 0.2) is 5.60 Å². The maximum atomic E-state index is 13.0. The predicted molar refractivity (Wildman–Crippen MR) is 121 cm³/mol. The fourth-order valence-electron chi connectivity index (χ4n) is 4.00. The molecule has 1 amide bonds. The summed E-state index contributed by atoms with van der Waals surface area (Å²) in [5, 5.41) is 11.3. The van der Waals surface area contributed by atoms with Crippen molar-refractivity contribution >= 4 is 11.6 Å². The van der Waals surface area contributed by atoms with Crippen LogP contribution in [0.5, 0.6) is 5.75 Å². The van der Waals surface area contributed by atoms with Crippen molar-refractivity contribution in [2.45, 2.75) is 18.1 Å². The van der Waals surface area contributed by atoms with Crippen LogP contribution >= 0.6 is 0 Å². The molecule has 1 N–H and O–H groups in total. The van der Waals surface area contributed by atoms with Gasteiger partial charge in [-0.3, -0.25) is 9.69 Å². The molecule has 1 aliphatic heterocycles. The maximum absolute atomic E-state index is 13.0. The van der Waals surface area contributed by atoms with Crippen LogP contribution in [0, 0.1) is 63.7 Å². The van der Waals surface area contributed by atoms with E-state index in [0.717, 1.165) is 22.9 Å². The number of ether oxygens (including phenoxy) is 1. The molecule has 0 bridgehead atoms. The van der Waals surface area contributed by atoms with Gasteiger partial charge in [0.25, 0.3) is 5.91 Å². The Morgan fingerprint density at radius 1 is 0.875 bits per heavy atom. The van der Waals surface area contributed by atoms with Gasteiger partial charge in [-0.05, 0) is 100.0 Å². The fourth-order valence-corrected chi connectivity index (χ4v) is 4.00. The topological polar surface area (TPSA) is 49.8 Å². The maximum Gasteiger partial charge on any atom is 2.00 e. The molecule has 2 atom stereocenters. The Kier molecular flexibility index (Phi) is 8.81. The number of hydrogen-bond donors (Lipinski definition) is 1. The number of methoxy groups -OCH3 is 1. The molecule has 1 heterocycles. The summed E-state index contributed by atoms with van der Waals surface area (Å²) in [7, 11) is 1.61. The molecule has 2 aliphatic carbocycles. The number of amides is 1. The van der Waals surface area contributed by atoms with E-state index in [2.05, 4.69) is 0 Å². The third-order valence-electron chi connectivity index (χ3n) is 5.53. The van der Waals surface area contributed by atoms with Crippen LogP contribution in [0.1, 0.15) is 18.0 Å². The molecule has 10 radical (unpaired) electrons. The van der Waals surface area contributed by atoms with Gasteiger partial charge in [0, 0.05) is 5.69 Å². The Balaban J connectivity index is 0.000000427. The Morgan fingerprint density at radius 2 is 1.44 bits per heavy atom. The van der Waals surface area contributed by atoms with Gasteiger partial charge in [0.1, 0.15) is 5.75 Å². The van der Waals surface area contributed by atoms with Crippen LogP contribution in [0.4, 0.5) is 5.69 Å². The van der Waals surface area contributed by atoms with Gasteiger partial charge >= 0.3 is 17.1 Å². The third kappa shape index (κ3) is 5.22. The largest absolute Gasteiger partial charge is 2.00 e. The second-order valence-corrected chi connectivity index (χ2v) is 7.54. The van der Waals surface area contributed by atoms with Crippen molar-refractivity contribution < 1.29 is 31.7 Å². The molecule has 5 rings (SSSR count). The van der Waals surface area contributed by atoms with Crippen molar-refractivity contribution in [1.82, 2.24) is 0 Å². The number of anilines is 1. The van der Waals surface area contributed by atoms with Crippen molar-refractivity contribution in [3.05, 3.63) is 124 Å². The summed E-state index contributed by atoms with van der Waals surface area (Å²) in [5.74, 6) is 1.40. The SMILES string of the molecule is COc1ccc(N2C(=O)[C@@](O)(C[C]3[CH][CH][CH][CH]3)[C@H]2c2ccccc2)cc1.[CH]1[CH][CH][CH][CH]1.[Fe+2]. The standard InChI is InChI=1S/C22H20NO3.C5H5.Fe/c1-26-19-13-11-18(12-14-19)23-20(17-9-3-2-4-10-17)22(25,21(23)24)15-16-7-5-6-8-16;1-2-4-5-3-1;/h2-14,20,25H,15H2,1H3;1-5H;/q;;+2/t20-,22-;;/m1../s1. The minimum absolute atomic E-state index is 0. The Bertz CT molecular complexity index is 839. The van der Waals surface area contributed by atoms with Crippen molar-refractivity contribution in [2.75, 3.05) is 12.0 Å². The molecule has 162 valence electrons. The van der Waals surface area contributed by atoms with E-state index < -0.39 is 11.6 Å². The quantitative estimate of drug-likeness (QED) is 0.526. The normalized spacial score (nSPS) is 24.9. The average molecular weight is 467 g/mol. The summed E-state index contributed by atoms with van der Waals surface area (Å²) < 4.78 is 5.20. The first kappa shape index (κ1) is 24.8. The van der Waals surface area contributed by atoms with E-state index in [1.165, 1.54) is 0 Å². The number of aliphatic hydroxyl groups is 1. The Labute approximate surface area is 202 Å². The monoisotopic (exact) mass is 467 g/mol. The van der Waals surface area contributed by atoms with E-state index in [9.17, 15) is 9.90 Å². The van der Waals surface area contributed by atoms with E-state index in [4.69, 9.17) is 4.74 Å². The van der Waals surface area contributed by atoms with Gasteiger partial charge in [-0.15, -0.1) is 0 Å². The average Bonchev–Trinajstić information content (AvgIpc) is 3.55. The molecule has 0 aromatic heterocycles. The van der Waals surface area contributed by atoms with Crippen LogP contribution in [0.3, 0.4) is 0 Å². The fraction of sp³-hybridized carbons (Fsp3) is 0.148. The summed E-state index contributed by atoms with van der Waals surface area (Å²) in [6.07, 6.45) is 18.0. The molecule has 2 aromatic carbocycles. The van der Waals surface area contributed by atoms with Crippen LogP contribution < -0.4 is 9.64 Å². The van der Waals surface area contributed by atoms with Gasteiger partial charge in [0.05, 0.1) is 13.2 Å². The minimum atomic E-state index is -1.45. The first-order chi connectivity index (χ1) is 15.1. The molecule has 5 heteroatoms. The van der Waals surface area contributed by atoms with E-state index >= 15 is 0 Å². The minimum Gasteiger partial charge on any atom is -0.497 e. The number of benzene rings is 2. The van der Waals surface area contributed by atoms with E-state index in [-0.39, 0.29) is 23.0 Å². The van der Waals surface area contributed by atoms with Crippen molar-refractivity contribution in [2.24, 2.45) is 0 Å². The predicted octanol–water partition coefficient (Wildman–Crippen LogP) is 4.33. The summed E-state index contributed by atoms with van der Waals surface area (Å²) in [6.45, 7) is 0. The van der Waals surface area contributed by atoms with Crippen molar-refractivity contribution in [1.29, 1.82) is 0 Å². The smallest absolute Gasteiger partial charge is 0.497 e. The van der Waals surface area contributed by atoms with Gasteiger partial charge in [-0.1, -0.05) is 30.3 Å². The first-order valence-electron chi connectivity index (χ1n) is 10.3. The Morgan fingerprint density at radius 3 is 1.97 bits per heavy atom. The summed E-state index contributed by atoms with van der Waals surface area (Å²) in [6, 6.07) is 16.6. The second kappa shape index (κ2) is 11.4. The van der Waals surface area contributed by atoms with E-state index in [1.54, 1.807) is 12.0 Å². The molecular weight excluding hydrogens is 442 g/mol. The number of carbonyl (C=O) groups excluding carboxylic acids is 1. The van der Waals surface area contributed by atoms with Gasteiger partial charge < -0.3 is 9.84 Å². The summed E-state index contributed by atoms with van der Waals surface area (Å²) >= 11 is 0. The zero-order chi connectivity index (χ0) is 21.7. The molecule has 2 aromatic rings. The number of nitrogens with zero attached hydrogens (tertiary/aromatic N) is 1. The molecule has 2 saturated carbocycles. The second-order valence-electron chi connectivity index (χ2n) is 7.54. The van der Waals surface area contributed by atoms with Crippen LogP contribution in [-0.4, -0.2) is 23.7 Å². The number of rotatable bonds is 5. The van der Waals surface area contributed by atoms with E-state index in [0.29, 0.717) is 6.42 Å². The van der Waals surface area contributed by atoms with Crippen LogP contribution in [0.2, 0.25) is 0 Å². The third-order valence-corrected chi connectivity index (χ3v) is 5.53. The van der Waals surface area contributed by atoms with Crippen LogP contribution in [-0.2, 0) is 21.9 Å². The van der Waals surface area contributed by atoms with Gasteiger partial charge in [-0.25, -0.2) is 0 Å². The molecule has 1 saturated heterocycles. The van der Waals surface area contributed by atoms with Crippen molar-refractivity contribution in [3.63, 3.8) is 0 Å². The molecule has 0 spiro atoms. The van der Waals surface area contributed by atoms with Crippen LogP contribution in [0.25, 0.3) is 0 Å². The molecule has 32 heavy (non-hydrogen) atoms. The van der Waals surface area contributed by atoms with Crippen LogP contribution in [0.15, 0.2) is 54.6 Å². The van der Waals surface area contributed by atoms with Crippen molar-refractivity contribution in [3.8, 4) is 5.75 Å². The number of β-lactam (4-membered cyclic amide) rings is 1. The van der Waals surface area contributed by atoms with E-state index in [1.807, 2.05) is 112 Å². The van der Waals surface area contributed by atoms with Gasteiger partial charge in [0.2, 0.25) is 0 Å². The number of carbonyl (C=O) groups is 1.